The van der Waals surface area contributed by atoms with Crippen molar-refractivity contribution in [3.05, 3.63) is 94.7 Å². The molecular formula is C21H18BrN3. The third-order valence-corrected chi connectivity index (χ3v) is 4.89. The Morgan fingerprint density at radius 1 is 0.840 bits per heavy atom. The molecule has 1 N–H and O–H groups in total. The van der Waals surface area contributed by atoms with Gasteiger partial charge in [-0.25, -0.2) is 4.98 Å². The van der Waals surface area contributed by atoms with Crippen LogP contribution < -0.4 is 4.90 Å². The smallest absolute Gasteiger partial charge is 0.153 e. The second-order valence-corrected chi connectivity index (χ2v) is 6.88. The third-order valence-electron chi connectivity index (χ3n) is 4.26. The number of nitrogens with one attached hydrogen (secondary N) is 1. The molecule has 0 fully saturated rings. The Kier molecular flexibility index (Phi) is 4.53. The largest absolute Gasteiger partial charge is 0.358 e. The van der Waals surface area contributed by atoms with Crippen molar-refractivity contribution < 1.29 is 0 Å². The van der Waals surface area contributed by atoms with Gasteiger partial charge in [0.1, 0.15) is 0 Å². The molecule has 0 radical (unpaired) electrons. The quantitative estimate of drug-likeness (QED) is 0.484. The van der Waals surface area contributed by atoms with E-state index < -0.39 is 0 Å². The molecular weight excluding hydrogens is 374 g/mol. The normalized spacial score (nSPS) is 10.9. The Hall–Kier alpha value is -2.59. The van der Waals surface area contributed by atoms with E-state index in [2.05, 4.69) is 80.4 Å². The molecule has 25 heavy (non-hydrogen) atoms. The fourth-order valence-corrected chi connectivity index (χ4v) is 3.49. The molecule has 4 heteroatoms. The summed E-state index contributed by atoms with van der Waals surface area (Å²) in [4.78, 5) is 10.4. The zero-order chi connectivity index (χ0) is 17.1. The summed E-state index contributed by atoms with van der Waals surface area (Å²) in [5, 5.41) is 1.15. The molecule has 0 amide bonds. The van der Waals surface area contributed by atoms with E-state index in [0.29, 0.717) is 0 Å². The Balaban J connectivity index is 1.76. The summed E-state index contributed by atoms with van der Waals surface area (Å²) >= 11 is 3.59. The van der Waals surface area contributed by atoms with Crippen LogP contribution in [-0.2, 0) is 13.1 Å². The van der Waals surface area contributed by atoms with Crippen LogP contribution in [0.25, 0.3) is 10.9 Å². The van der Waals surface area contributed by atoms with E-state index >= 15 is 0 Å². The van der Waals surface area contributed by atoms with Crippen molar-refractivity contribution in [2.75, 3.05) is 4.90 Å². The van der Waals surface area contributed by atoms with Gasteiger partial charge in [0, 0.05) is 35.3 Å². The molecule has 0 saturated heterocycles. The molecule has 0 saturated carbocycles. The van der Waals surface area contributed by atoms with E-state index in [4.69, 9.17) is 4.98 Å². The standard InChI is InChI=1S/C21H18BrN3/c22-19-13-24-21(20-18(19)11-12-23-20)25(14-16-7-3-1-4-8-16)15-17-9-5-2-6-10-17/h1-13,23H,14-15H2. The number of nitrogens with zero attached hydrogens (tertiary/aromatic N) is 2. The average molecular weight is 392 g/mol. The van der Waals surface area contributed by atoms with Gasteiger partial charge < -0.3 is 9.88 Å². The number of fused-ring (bicyclic) bond motifs is 1. The Morgan fingerprint density at radius 3 is 2.04 bits per heavy atom. The van der Waals surface area contributed by atoms with Crippen molar-refractivity contribution in [3.8, 4) is 0 Å². The number of H-pyrrole nitrogens is 1. The lowest BCUT2D eigenvalue weighted by molar-refractivity contribution is 0.787. The molecule has 2 aromatic heterocycles. The van der Waals surface area contributed by atoms with Crippen LogP contribution in [0.2, 0.25) is 0 Å². The summed E-state index contributed by atoms with van der Waals surface area (Å²) in [6, 6.07) is 23.1. The van der Waals surface area contributed by atoms with E-state index in [1.807, 2.05) is 24.5 Å². The van der Waals surface area contributed by atoms with Crippen LogP contribution in [0.5, 0.6) is 0 Å². The number of aromatic amines is 1. The SMILES string of the molecule is Brc1cnc(N(Cc2ccccc2)Cc2ccccc2)c2[nH]ccc12. The lowest BCUT2D eigenvalue weighted by Crippen LogP contribution is -2.23. The Labute approximate surface area is 155 Å². The van der Waals surface area contributed by atoms with E-state index in [9.17, 15) is 0 Å². The minimum absolute atomic E-state index is 0.804. The van der Waals surface area contributed by atoms with Gasteiger partial charge in [0.2, 0.25) is 0 Å². The molecule has 0 unspecified atom stereocenters. The molecule has 124 valence electrons. The van der Waals surface area contributed by atoms with Crippen LogP contribution in [0, 0.1) is 0 Å². The molecule has 2 heterocycles. The summed E-state index contributed by atoms with van der Waals surface area (Å²) in [6.45, 7) is 1.61. The summed E-state index contributed by atoms with van der Waals surface area (Å²) < 4.78 is 1.01. The van der Waals surface area contributed by atoms with E-state index in [1.165, 1.54) is 11.1 Å². The highest BCUT2D eigenvalue weighted by molar-refractivity contribution is 9.10. The van der Waals surface area contributed by atoms with Crippen LogP contribution in [0.1, 0.15) is 11.1 Å². The highest BCUT2D eigenvalue weighted by atomic mass is 79.9. The highest BCUT2D eigenvalue weighted by Gasteiger charge is 2.15. The maximum Gasteiger partial charge on any atom is 0.153 e. The Morgan fingerprint density at radius 2 is 1.44 bits per heavy atom. The molecule has 0 aliphatic carbocycles. The molecule has 0 atom stereocenters. The number of hydrogen-bond acceptors (Lipinski definition) is 2. The number of halogens is 1. The molecule has 0 bridgehead atoms. The summed E-state index contributed by atoms with van der Waals surface area (Å²) in [7, 11) is 0. The molecule has 0 spiro atoms. The topological polar surface area (TPSA) is 31.9 Å². The monoisotopic (exact) mass is 391 g/mol. The minimum Gasteiger partial charge on any atom is -0.358 e. The number of aromatic nitrogens is 2. The van der Waals surface area contributed by atoms with Gasteiger partial charge in [0.25, 0.3) is 0 Å². The molecule has 2 aromatic carbocycles. The number of benzene rings is 2. The van der Waals surface area contributed by atoms with Crippen LogP contribution in [-0.4, -0.2) is 9.97 Å². The minimum atomic E-state index is 0.804. The molecule has 0 aliphatic heterocycles. The molecule has 0 aliphatic rings. The fraction of sp³-hybridized carbons (Fsp3) is 0.0952. The van der Waals surface area contributed by atoms with E-state index in [-0.39, 0.29) is 0 Å². The van der Waals surface area contributed by atoms with Gasteiger partial charge in [-0.3, -0.25) is 0 Å². The second kappa shape index (κ2) is 7.11. The zero-order valence-electron chi connectivity index (χ0n) is 13.7. The summed E-state index contributed by atoms with van der Waals surface area (Å²) in [5.41, 5.74) is 3.59. The van der Waals surface area contributed by atoms with Gasteiger partial charge in [-0.2, -0.15) is 0 Å². The molecule has 3 nitrogen and oxygen atoms in total. The average Bonchev–Trinajstić information content (AvgIpc) is 3.14. The van der Waals surface area contributed by atoms with Gasteiger partial charge >= 0.3 is 0 Å². The fourth-order valence-electron chi connectivity index (χ4n) is 3.06. The number of rotatable bonds is 5. The third kappa shape index (κ3) is 3.44. The van der Waals surface area contributed by atoms with Crippen LogP contribution in [0.4, 0.5) is 5.82 Å². The molecule has 4 aromatic rings. The van der Waals surface area contributed by atoms with Crippen molar-refractivity contribution in [2.45, 2.75) is 13.1 Å². The zero-order valence-corrected chi connectivity index (χ0v) is 15.3. The van der Waals surface area contributed by atoms with E-state index in [0.717, 1.165) is 34.3 Å². The van der Waals surface area contributed by atoms with Gasteiger partial charge in [-0.1, -0.05) is 60.7 Å². The Bertz CT molecular complexity index is 923. The van der Waals surface area contributed by atoms with Crippen molar-refractivity contribution in [1.82, 2.24) is 9.97 Å². The van der Waals surface area contributed by atoms with E-state index in [1.54, 1.807) is 0 Å². The van der Waals surface area contributed by atoms with Crippen LogP contribution in [0.3, 0.4) is 0 Å². The number of anilines is 1. The summed E-state index contributed by atoms with van der Waals surface area (Å²) in [6.07, 6.45) is 3.85. The second-order valence-electron chi connectivity index (χ2n) is 6.02. The number of hydrogen-bond donors (Lipinski definition) is 1. The van der Waals surface area contributed by atoms with Gasteiger partial charge in [-0.05, 0) is 33.1 Å². The van der Waals surface area contributed by atoms with Crippen molar-refractivity contribution in [2.24, 2.45) is 0 Å². The van der Waals surface area contributed by atoms with Crippen LogP contribution >= 0.6 is 15.9 Å². The maximum atomic E-state index is 4.72. The van der Waals surface area contributed by atoms with Crippen molar-refractivity contribution in [1.29, 1.82) is 0 Å². The first kappa shape index (κ1) is 15.9. The predicted molar refractivity (Wildman–Crippen MR) is 107 cm³/mol. The first-order valence-electron chi connectivity index (χ1n) is 8.25. The van der Waals surface area contributed by atoms with Crippen LogP contribution in [0.15, 0.2) is 83.6 Å². The first-order valence-corrected chi connectivity index (χ1v) is 9.05. The maximum absolute atomic E-state index is 4.72. The predicted octanol–water partition coefficient (Wildman–Crippen LogP) is 5.53. The lowest BCUT2D eigenvalue weighted by atomic mass is 10.1. The van der Waals surface area contributed by atoms with Crippen molar-refractivity contribution in [3.63, 3.8) is 0 Å². The summed E-state index contributed by atoms with van der Waals surface area (Å²) in [5.74, 6) is 0.968. The first-order chi connectivity index (χ1) is 12.3. The highest BCUT2D eigenvalue weighted by Crippen LogP contribution is 2.30. The lowest BCUT2D eigenvalue weighted by Gasteiger charge is -2.25. The molecule has 4 rings (SSSR count). The van der Waals surface area contributed by atoms with Gasteiger partial charge in [0.05, 0.1) is 5.52 Å². The number of pyridine rings is 1. The van der Waals surface area contributed by atoms with Gasteiger partial charge in [-0.15, -0.1) is 0 Å². The van der Waals surface area contributed by atoms with Crippen molar-refractivity contribution >= 4 is 32.7 Å². The van der Waals surface area contributed by atoms with Gasteiger partial charge in [0.15, 0.2) is 5.82 Å².